The van der Waals surface area contributed by atoms with Crippen molar-refractivity contribution in [1.29, 1.82) is 0 Å². The van der Waals surface area contributed by atoms with E-state index in [9.17, 15) is 4.79 Å². The molecule has 6 heteroatoms. The van der Waals surface area contributed by atoms with Crippen LogP contribution < -0.4 is 11.1 Å². The minimum Gasteiger partial charge on any atom is -0.321 e. The molecule has 107 valence electrons. The number of para-hydroxylation sites is 1. The highest BCUT2D eigenvalue weighted by Gasteiger charge is 2.15. The molecule has 2 aromatic heterocycles. The number of benzene rings is 1. The maximum Gasteiger partial charge on any atom is 0.278 e. The normalized spacial score (nSPS) is 10.2. The molecule has 2 N–H and O–H groups in total. The number of amides is 1. The first-order valence-electron chi connectivity index (χ1n) is 6.59. The minimum absolute atomic E-state index is 0.0230. The molecule has 0 aliphatic rings. The summed E-state index contributed by atoms with van der Waals surface area (Å²) in [4.78, 5) is 24.5. The van der Waals surface area contributed by atoms with Gasteiger partial charge in [-0.1, -0.05) is 18.2 Å². The van der Waals surface area contributed by atoms with E-state index in [0.29, 0.717) is 11.4 Å². The van der Waals surface area contributed by atoms with Crippen LogP contribution >= 0.6 is 0 Å². The van der Waals surface area contributed by atoms with Gasteiger partial charge in [0, 0.05) is 23.6 Å². The summed E-state index contributed by atoms with van der Waals surface area (Å²) in [5.74, 6) is -0.629. The number of hydrogen-bond acceptors (Lipinski definition) is 4. The maximum atomic E-state index is 12.3. The van der Waals surface area contributed by atoms with Crippen LogP contribution in [0.1, 0.15) is 10.5 Å². The smallest absolute Gasteiger partial charge is 0.278 e. The highest BCUT2D eigenvalue weighted by atomic mass is 16.1. The minimum atomic E-state index is -0.463. The number of carbonyl (C=O) groups is 1. The van der Waals surface area contributed by atoms with Crippen LogP contribution in [0.25, 0.3) is 11.3 Å². The maximum absolute atomic E-state index is 12.3. The molecule has 3 aromatic rings. The fourth-order valence-electron chi connectivity index (χ4n) is 1.91. The van der Waals surface area contributed by atoms with Gasteiger partial charge in [-0.05, 0) is 24.3 Å². The zero-order valence-electron chi connectivity index (χ0n) is 11.5. The van der Waals surface area contributed by atoms with Gasteiger partial charge in [0.15, 0.2) is 11.5 Å². The van der Waals surface area contributed by atoms with Crippen molar-refractivity contribution in [3.8, 4) is 11.3 Å². The number of nitrogens with one attached hydrogen (secondary N) is 2. The summed E-state index contributed by atoms with van der Waals surface area (Å²) < 4.78 is 0. The third kappa shape index (κ3) is 2.90. The molecule has 3 rings (SSSR count). The first kappa shape index (κ1) is 13.7. The van der Waals surface area contributed by atoms with Gasteiger partial charge in [0.2, 0.25) is 0 Å². The molecular weight excluding hydrogens is 278 g/mol. The summed E-state index contributed by atoms with van der Waals surface area (Å²) in [7, 11) is 0. The molecular formula is C16H12N5O. The number of anilines is 1. The van der Waals surface area contributed by atoms with E-state index in [-0.39, 0.29) is 11.5 Å². The molecule has 0 aliphatic carbocycles. The van der Waals surface area contributed by atoms with Crippen molar-refractivity contribution in [1.82, 2.24) is 20.7 Å². The van der Waals surface area contributed by atoms with Crippen molar-refractivity contribution < 1.29 is 4.79 Å². The van der Waals surface area contributed by atoms with E-state index in [1.54, 1.807) is 30.6 Å². The number of aromatic nitrogens is 3. The third-order valence-corrected chi connectivity index (χ3v) is 2.98. The van der Waals surface area contributed by atoms with Gasteiger partial charge in [-0.3, -0.25) is 15.5 Å². The van der Waals surface area contributed by atoms with Crippen LogP contribution in [0.15, 0.2) is 61.1 Å². The second-order valence-corrected chi connectivity index (χ2v) is 4.51. The predicted molar refractivity (Wildman–Crippen MR) is 82.4 cm³/mol. The largest absolute Gasteiger partial charge is 0.321 e. The van der Waals surface area contributed by atoms with Crippen LogP contribution in [-0.4, -0.2) is 20.9 Å². The van der Waals surface area contributed by atoms with E-state index in [0.717, 1.165) is 5.56 Å². The molecule has 0 atom stereocenters. The van der Waals surface area contributed by atoms with Crippen LogP contribution in [0.5, 0.6) is 0 Å². The van der Waals surface area contributed by atoms with Gasteiger partial charge >= 0.3 is 0 Å². The summed E-state index contributed by atoms with van der Waals surface area (Å²) >= 11 is 0. The quantitative estimate of drug-likeness (QED) is 0.802. The van der Waals surface area contributed by atoms with Crippen molar-refractivity contribution in [2.24, 2.45) is 0 Å². The number of hydrogen-bond donors (Lipinski definition) is 1. The van der Waals surface area contributed by atoms with Gasteiger partial charge < -0.3 is 5.32 Å². The molecule has 2 heterocycles. The fraction of sp³-hybridized carbons (Fsp3) is 0. The van der Waals surface area contributed by atoms with Gasteiger partial charge in [0.05, 0.1) is 11.9 Å². The van der Waals surface area contributed by atoms with E-state index in [4.69, 9.17) is 5.73 Å². The molecule has 0 spiro atoms. The lowest BCUT2D eigenvalue weighted by Gasteiger charge is -2.07. The molecule has 1 radical (unpaired) electrons. The molecule has 6 nitrogen and oxygen atoms in total. The standard InChI is InChI=1S/C16H12N5O/c17-15-14(16(22)20-12-6-2-1-3-7-12)21-13(10-19-15)11-5-4-8-18-9-11/h1-10,17H,(H,20,22). The topological polar surface area (TPSA) is 91.6 Å². The average Bonchev–Trinajstić information content (AvgIpc) is 2.57. The molecule has 1 aromatic carbocycles. The predicted octanol–water partition coefficient (Wildman–Crippen LogP) is 2.71. The SMILES string of the molecule is [NH]c1ncc(-c2cccnc2)nc1C(=O)Nc1ccccc1. The van der Waals surface area contributed by atoms with Crippen LogP contribution in [-0.2, 0) is 0 Å². The van der Waals surface area contributed by atoms with Gasteiger partial charge in [-0.25, -0.2) is 9.97 Å². The van der Waals surface area contributed by atoms with Gasteiger partial charge in [0.1, 0.15) is 0 Å². The Morgan fingerprint density at radius 2 is 1.86 bits per heavy atom. The Morgan fingerprint density at radius 1 is 1.05 bits per heavy atom. The highest BCUT2D eigenvalue weighted by Crippen LogP contribution is 2.18. The lowest BCUT2D eigenvalue weighted by atomic mass is 10.2. The fourth-order valence-corrected chi connectivity index (χ4v) is 1.91. The molecule has 0 fully saturated rings. The Labute approximate surface area is 127 Å². The van der Waals surface area contributed by atoms with E-state index < -0.39 is 5.91 Å². The molecule has 1 amide bonds. The second-order valence-electron chi connectivity index (χ2n) is 4.51. The zero-order valence-corrected chi connectivity index (χ0v) is 11.5. The Hall–Kier alpha value is -3.28. The molecule has 0 aliphatic heterocycles. The lowest BCUT2D eigenvalue weighted by molar-refractivity contribution is 0.102. The second kappa shape index (κ2) is 6.01. The Morgan fingerprint density at radius 3 is 2.59 bits per heavy atom. The summed E-state index contributed by atoms with van der Waals surface area (Å²) in [6, 6.07) is 12.6. The van der Waals surface area contributed by atoms with Gasteiger partial charge in [0.25, 0.3) is 5.91 Å². The van der Waals surface area contributed by atoms with Crippen LogP contribution in [0.2, 0.25) is 0 Å². The van der Waals surface area contributed by atoms with E-state index in [2.05, 4.69) is 20.3 Å². The van der Waals surface area contributed by atoms with E-state index in [1.165, 1.54) is 6.20 Å². The average molecular weight is 290 g/mol. The molecule has 0 bridgehead atoms. The monoisotopic (exact) mass is 290 g/mol. The zero-order chi connectivity index (χ0) is 15.4. The van der Waals surface area contributed by atoms with E-state index >= 15 is 0 Å². The third-order valence-electron chi connectivity index (χ3n) is 2.98. The van der Waals surface area contributed by atoms with Crippen LogP contribution in [0.3, 0.4) is 0 Å². The highest BCUT2D eigenvalue weighted by molar-refractivity contribution is 6.05. The van der Waals surface area contributed by atoms with Gasteiger partial charge in [-0.15, -0.1) is 0 Å². The van der Waals surface area contributed by atoms with Crippen molar-refractivity contribution in [2.75, 3.05) is 5.32 Å². The Bertz CT molecular complexity index is 790. The molecule has 0 saturated heterocycles. The summed E-state index contributed by atoms with van der Waals surface area (Å²) in [6.07, 6.45) is 4.74. The number of rotatable bonds is 3. The van der Waals surface area contributed by atoms with Gasteiger partial charge in [-0.2, -0.15) is 0 Å². The van der Waals surface area contributed by atoms with E-state index in [1.807, 2.05) is 24.3 Å². The van der Waals surface area contributed by atoms with Crippen molar-refractivity contribution in [2.45, 2.75) is 0 Å². The van der Waals surface area contributed by atoms with Crippen LogP contribution in [0.4, 0.5) is 11.5 Å². The van der Waals surface area contributed by atoms with Crippen LogP contribution in [0, 0.1) is 0 Å². The molecule has 22 heavy (non-hydrogen) atoms. The molecule has 0 saturated carbocycles. The van der Waals surface area contributed by atoms with Crippen molar-refractivity contribution in [3.05, 3.63) is 66.7 Å². The first-order valence-corrected chi connectivity index (χ1v) is 6.59. The summed E-state index contributed by atoms with van der Waals surface area (Å²) in [5.41, 5.74) is 9.63. The summed E-state index contributed by atoms with van der Waals surface area (Å²) in [5, 5.41) is 2.70. The Kier molecular flexibility index (Phi) is 3.74. The summed E-state index contributed by atoms with van der Waals surface area (Å²) in [6.45, 7) is 0. The van der Waals surface area contributed by atoms with Crippen molar-refractivity contribution >= 4 is 17.4 Å². The molecule has 0 unspecified atom stereocenters. The number of pyridine rings is 1. The van der Waals surface area contributed by atoms with Crippen molar-refractivity contribution in [3.63, 3.8) is 0 Å². The Balaban J connectivity index is 1.91. The first-order chi connectivity index (χ1) is 10.7. The number of nitrogens with zero attached hydrogens (tertiary/aromatic N) is 3. The number of carbonyl (C=O) groups excluding carboxylic acids is 1. The lowest BCUT2D eigenvalue weighted by Crippen LogP contribution is -2.15.